The Morgan fingerprint density at radius 2 is 1.55 bits per heavy atom. The van der Waals surface area contributed by atoms with Crippen molar-refractivity contribution in [2.24, 2.45) is 0 Å². The fourth-order valence-electron chi connectivity index (χ4n) is 3.73. The van der Waals surface area contributed by atoms with Gasteiger partial charge in [-0.3, -0.25) is 9.59 Å². The van der Waals surface area contributed by atoms with E-state index in [0.29, 0.717) is 17.9 Å². The Balaban J connectivity index is 1.46. The third kappa shape index (κ3) is 4.38. The molecule has 0 aliphatic heterocycles. The molecule has 0 atom stereocenters. The third-order valence-corrected chi connectivity index (χ3v) is 5.18. The summed E-state index contributed by atoms with van der Waals surface area (Å²) in [7, 11) is 0. The lowest BCUT2D eigenvalue weighted by Crippen LogP contribution is -2.20. The maximum atomic E-state index is 12.4. The molecule has 1 aromatic heterocycles. The zero-order valence-corrected chi connectivity index (χ0v) is 17.6. The number of amides is 2. The monoisotopic (exact) mass is 415 g/mol. The highest BCUT2D eigenvalue weighted by molar-refractivity contribution is 6.09. The predicted octanol–water partition coefficient (Wildman–Crippen LogP) is 5.18. The molecule has 0 bridgehead atoms. The minimum Gasteiger partial charge on any atom is -0.484 e. The van der Waals surface area contributed by atoms with Crippen LogP contribution in [0.25, 0.3) is 21.8 Å². The van der Waals surface area contributed by atoms with Gasteiger partial charge in [-0.25, -0.2) is 0 Å². The van der Waals surface area contributed by atoms with E-state index in [4.69, 9.17) is 4.74 Å². The molecule has 0 fully saturated rings. The Kier molecular flexibility index (Phi) is 5.89. The van der Waals surface area contributed by atoms with Crippen LogP contribution < -0.4 is 15.4 Å². The van der Waals surface area contributed by atoms with Crippen LogP contribution >= 0.6 is 0 Å². The number of para-hydroxylation sites is 1. The largest absolute Gasteiger partial charge is 0.484 e. The predicted molar refractivity (Wildman–Crippen MR) is 125 cm³/mol. The highest BCUT2D eigenvalue weighted by Gasteiger charge is 2.11. The van der Waals surface area contributed by atoms with Gasteiger partial charge < -0.3 is 19.9 Å². The summed E-state index contributed by atoms with van der Waals surface area (Å²) < 4.78 is 7.88. The van der Waals surface area contributed by atoms with Crippen LogP contribution in [-0.4, -0.2) is 23.0 Å². The van der Waals surface area contributed by atoms with Gasteiger partial charge in [0.05, 0.1) is 0 Å². The summed E-state index contributed by atoms with van der Waals surface area (Å²) in [5, 5.41) is 7.96. The number of anilines is 2. The number of fused-ring (bicyclic) bond motifs is 3. The lowest BCUT2D eigenvalue weighted by Gasteiger charge is -2.10. The van der Waals surface area contributed by atoms with E-state index in [1.165, 1.54) is 5.52 Å². The summed E-state index contributed by atoms with van der Waals surface area (Å²) in [6.07, 6.45) is 0.398. The van der Waals surface area contributed by atoms with Crippen molar-refractivity contribution in [1.82, 2.24) is 4.57 Å². The van der Waals surface area contributed by atoms with E-state index < -0.39 is 0 Å². The zero-order valence-electron chi connectivity index (χ0n) is 17.6. The van der Waals surface area contributed by atoms with Gasteiger partial charge in [0.2, 0.25) is 5.91 Å². The second kappa shape index (κ2) is 8.92. The Bertz CT molecular complexity index is 1260. The first-order chi connectivity index (χ1) is 15.1. The van der Waals surface area contributed by atoms with E-state index >= 15 is 0 Å². The van der Waals surface area contributed by atoms with E-state index in [2.05, 4.69) is 34.3 Å². The summed E-state index contributed by atoms with van der Waals surface area (Å²) in [6.45, 7) is 4.67. The molecule has 0 unspecified atom stereocenters. The average Bonchev–Trinajstić information content (AvgIpc) is 3.11. The van der Waals surface area contributed by atoms with E-state index in [9.17, 15) is 9.59 Å². The third-order valence-electron chi connectivity index (χ3n) is 5.18. The van der Waals surface area contributed by atoms with Crippen LogP contribution in [0.15, 0.2) is 66.7 Å². The van der Waals surface area contributed by atoms with E-state index in [1.54, 1.807) is 31.2 Å². The molecule has 0 radical (unpaired) electrons. The molecule has 1 heterocycles. The van der Waals surface area contributed by atoms with Crippen LogP contribution in [0.2, 0.25) is 0 Å². The van der Waals surface area contributed by atoms with Crippen LogP contribution in [0.3, 0.4) is 0 Å². The Morgan fingerprint density at radius 1 is 0.806 bits per heavy atom. The molecule has 4 rings (SSSR count). The molecular weight excluding hydrogens is 390 g/mol. The van der Waals surface area contributed by atoms with Gasteiger partial charge in [0.25, 0.3) is 5.91 Å². The van der Waals surface area contributed by atoms with Gasteiger partial charge in [-0.15, -0.1) is 0 Å². The molecule has 0 aliphatic rings. The lowest BCUT2D eigenvalue weighted by atomic mass is 10.1. The maximum Gasteiger partial charge on any atom is 0.262 e. The zero-order chi connectivity index (χ0) is 21.8. The number of hydrogen-bond acceptors (Lipinski definition) is 3. The second-order valence-electron chi connectivity index (χ2n) is 7.26. The number of carbonyl (C=O) groups excluding carboxylic acids is 2. The minimum absolute atomic E-state index is 0.0743. The molecule has 6 heteroatoms. The van der Waals surface area contributed by atoms with Gasteiger partial charge in [0, 0.05) is 52.2 Å². The molecule has 0 saturated carbocycles. The first-order valence-electron chi connectivity index (χ1n) is 10.4. The summed E-state index contributed by atoms with van der Waals surface area (Å²) in [6, 6.07) is 21.2. The number of nitrogens with zero attached hydrogens (tertiary/aromatic N) is 1. The van der Waals surface area contributed by atoms with Crippen molar-refractivity contribution >= 4 is 45.0 Å². The van der Waals surface area contributed by atoms with Crippen LogP contribution in [0.1, 0.15) is 20.3 Å². The van der Waals surface area contributed by atoms with Crippen molar-refractivity contribution in [3.63, 3.8) is 0 Å². The van der Waals surface area contributed by atoms with Crippen LogP contribution in [0.5, 0.6) is 5.75 Å². The Morgan fingerprint density at radius 3 is 2.35 bits per heavy atom. The van der Waals surface area contributed by atoms with E-state index in [-0.39, 0.29) is 18.4 Å². The molecule has 3 aromatic carbocycles. The molecule has 2 amide bonds. The molecule has 2 N–H and O–H groups in total. The molecular formula is C25H25N3O3. The summed E-state index contributed by atoms with van der Waals surface area (Å²) in [4.78, 5) is 24.0. The highest BCUT2D eigenvalue weighted by atomic mass is 16.5. The van der Waals surface area contributed by atoms with Gasteiger partial charge in [0.1, 0.15) is 5.75 Å². The first kappa shape index (κ1) is 20.5. The average molecular weight is 415 g/mol. The van der Waals surface area contributed by atoms with Crippen molar-refractivity contribution in [3.8, 4) is 5.75 Å². The number of nitrogens with one attached hydrogen (secondary N) is 2. The highest BCUT2D eigenvalue weighted by Crippen LogP contribution is 2.31. The van der Waals surface area contributed by atoms with E-state index in [1.807, 2.05) is 30.3 Å². The van der Waals surface area contributed by atoms with Gasteiger partial charge >= 0.3 is 0 Å². The number of benzene rings is 3. The van der Waals surface area contributed by atoms with Crippen molar-refractivity contribution in [1.29, 1.82) is 0 Å². The number of aromatic nitrogens is 1. The summed E-state index contributed by atoms with van der Waals surface area (Å²) >= 11 is 0. The number of hydrogen-bond donors (Lipinski definition) is 2. The molecule has 0 spiro atoms. The fraction of sp³-hybridized carbons (Fsp3) is 0.200. The van der Waals surface area contributed by atoms with Crippen molar-refractivity contribution in [3.05, 3.63) is 66.7 Å². The molecule has 6 nitrogen and oxygen atoms in total. The van der Waals surface area contributed by atoms with Crippen LogP contribution in [0, 0.1) is 0 Å². The molecule has 0 aliphatic carbocycles. The molecule has 31 heavy (non-hydrogen) atoms. The lowest BCUT2D eigenvalue weighted by molar-refractivity contribution is -0.118. The van der Waals surface area contributed by atoms with Gasteiger partial charge in [-0.05, 0) is 43.3 Å². The standard InChI is InChI=1S/C25H25N3O3/c1-3-24(29)26-17-8-7-9-19(14-17)31-16-25(30)27-18-12-13-23-21(15-18)20-10-5-6-11-22(20)28(23)4-2/h5-15H,3-4,16H2,1-2H3,(H,26,29)(H,27,30). The molecule has 0 saturated heterocycles. The smallest absolute Gasteiger partial charge is 0.262 e. The Labute approximate surface area is 180 Å². The normalized spacial score (nSPS) is 10.9. The first-order valence-corrected chi connectivity index (χ1v) is 10.4. The maximum absolute atomic E-state index is 12.4. The Hall–Kier alpha value is -3.80. The fourth-order valence-corrected chi connectivity index (χ4v) is 3.73. The topological polar surface area (TPSA) is 72.4 Å². The van der Waals surface area contributed by atoms with Crippen molar-refractivity contribution in [2.75, 3.05) is 17.2 Å². The van der Waals surface area contributed by atoms with Gasteiger partial charge in [-0.1, -0.05) is 31.2 Å². The van der Waals surface area contributed by atoms with Gasteiger partial charge in [0.15, 0.2) is 6.61 Å². The van der Waals surface area contributed by atoms with Crippen molar-refractivity contribution in [2.45, 2.75) is 26.8 Å². The number of aryl methyl sites for hydroxylation is 1. The quantitative estimate of drug-likeness (QED) is 0.437. The minimum atomic E-state index is -0.249. The van der Waals surface area contributed by atoms with Crippen LogP contribution in [-0.2, 0) is 16.1 Å². The number of carbonyl (C=O) groups is 2. The van der Waals surface area contributed by atoms with Crippen molar-refractivity contribution < 1.29 is 14.3 Å². The number of ether oxygens (including phenoxy) is 1. The number of rotatable bonds is 7. The molecule has 4 aromatic rings. The van der Waals surface area contributed by atoms with E-state index in [0.717, 1.165) is 28.5 Å². The van der Waals surface area contributed by atoms with Crippen LogP contribution in [0.4, 0.5) is 11.4 Å². The SMILES string of the molecule is CCC(=O)Nc1cccc(OCC(=O)Nc2ccc3c(c2)c2ccccc2n3CC)c1. The summed E-state index contributed by atoms with van der Waals surface area (Å²) in [5.74, 6) is 0.196. The summed E-state index contributed by atoms with van der Waals surface area (Å²) in [5.41, 5.74) is 3.69. The van der Waals surface area contributed by atoms with Gasteiger partial charge in [-0.2, -0.15) is 0 Å². The second-order valence-corrected chi connectivity index (χ2v) is 7.26. The molecule has 158 valence electrons.